The molecule has 0 aliphatic heterocycles. The van der Waals surface area contributed by atoms with E-state index in [4.69, 9.17) is 15.2 Å². The second kappa shape index (κ2) is 10.2. The Kier molecular flexibility index (Phi) is 7.67. The number of nitrogens with zero attached hydrogens (tertiary/aromatic N) is 4. The molecule has 1 aromatic heterocycles. The molecule has 1 aromatic carbocycles. The standard InChI is InChI=1S/C19H25N5O4/c1-4-11-27-14-7-5-13(6-8-14)15(25)9-10-17(26)28-12-16-21-18(20)23-19(22-16)24(2)3/h5-8H,4,9-12H2,1-3H3,(H2,20,21,22,23). The lowest BCUT2D eigenvalue weighted by molar-refractivity contribution is -0.145. The third kappa shape index (κ3) is 6.49. The molecule has 0 atom stereocenters. The zero-order valence-corrected chi connectivity index (χ0v) is 16.3. The van der Waals surface area contributed by atoms with Gasteiger partial charge in [-0.25, -0.2) is 0 Å². The van der Waals surface area contributed by atoms with Gasteiger partial charge in [0.2, 0.25) is 11.9 Å². The summed E-state index contributed by atoms with van der Waals surface area (Å²) in [5.41, 5.74) is 6.15. The smallest absolute Gasteiger partial charge is 0.306 e. The molecule has 0 saturated carbocycles. The van der Waals surface area contributed by atoms with Crippen LogP contribution in [0.15, 0.2) is 24.3 Å². The Balaban J connectivity index is 1.81. The molecule has 1 heterocycles. The van der Waals surface area contributed by atoms with Crippen molar-refractivity contribution in [3.63, 3.8) is 0 Å². The van der Waals surface area contributed by atoms with Crippen LogP contribution in [0.25, 0.3) is 0 Å². The van der Waals surface area contributed by atoms with Gasteiger partial charge in [-0.2, -0.15) is 15.0 Å². The van der Waals surface area contributed by atoms with Gasteiger partial charge in [-0.1, -0.05) is 6.92 Å². The summed E-state index contributed by atoms with van der Waals surface area (Å²) in [4.78, 5) is 37.8. The Morgan fingerprint density at radius 3 is 2.43 bits per heavy atom. The predicted octanol–water partition coefficient (Wildman–Crippen LogP) is 2.01. The van der Waals surface area contributed by atoms with Crippen LogP contribution in [0.1, 0.15) is 42.4 Å². The van der Waals surface area contributed by atoms with Crippen molar-refractivity contribution in [3.8, 4) is 5.75 Å². The van der Waals surface area contributed by atoms with Crippen LogP contribution in [-0.2, 0) is 16.1 Å². The van der Waals surface area contributed by atoms with E-state index in [1.165, 1.54) is 0 Å². The third-order valence-electron chi connectivity index (χ3n) is 3.65. The maximum absolute atomic E-state index is 12.2. The van der Waals surface area contributed by atoms with Gasteiger partial charge in [0, 0.05) is 26.1 Å². The number of ether oxygens (including phenoxy) is 2. The summed E-state index contributed by atoms with van der Waals surface area (Å²) in [6.07, 6.45) is 0.931. The van der Waals surface area contributed by atoms with Gasteiger partial charge in [-0.15, -0.1) is 0 Å². The van der Waals surface area contributed by atoms with Crippen molar-refractivity contribution in [3.05, 3.63) is 35.7 Å². The molecular formula is C19H25N5O4. The van der Waals surface area contributed by atoms with Crippen LogP contribution in [0.3, 0.4) is 0 Å². The van der Waals surface area contributed by atoms with Crippen LogP contribution in [0.4, 0.5) is 11.9 Å². The summed E-state index contributed by atoms with van der Waals surface area (Å²) in [6.45, 7) is 2.51. The molecular weight excluding hydrogens is 362 g/mol. The molecule has 9 heteroatoms. The van der Waals surface area contributed by atoms with Crippen molar-refractivity contribution < 1.29 is 19.1 Å². The van der Waals surface area contributed by atoms with Gasteiger partial charge in [0.05, 0.1) is 13.0 Å². The van der Waals surface area contributed by atoms with Gasteiger partial charge in [0.15, 0.2) is 18.2 Å². The quantitative estimate of drug-likeness (QED) is 0.482. The number of Topliss-reactive ketones (excluding diaryl/α,β-unsaturated/α-hetero) is 1. The molecule has 0 spiro atoms. The van der Waals surface area contributed by atoms with Crippen LogP contribution in [0.5, 0.6) is 5.75 Å². The molecule has 0 fully saturated rings. The Bertz CT molecular complexity index is 808. The first-order valence-corrected chi connectivity index (χ1v) is 8.98. The van der Waals surface area contributed by atoms with E-state index >= 15 is 0 Å². The van der Waals surface area contributed by atoms with Crippen molar-refractivity contribution in [2.75, 3.05) is 31.3 Å². The first kappa shape index (κ1) is 21.1. The number of carbonyl (C=O) groups excluding carboxylic acids is 2. The van der Waals surface area contributed by atoms with E-state index in [0.717, 1.165) is 6.42 Å². The van der Waals surface area contributed by atoms with Gasteiger partial charge in [0.25, 0.3) is 0 Å². The van der Waals surface area contributed by atoms with Crippen LogP contribution >= 0.6 is 0 Å². The van der Waals surface area contributed by atoms with Crippen molar-refractivity contribution in [1.82, 2.24) is 15.0 Å². The zero-order valence-electron chi connectivity index (χ0n) is 16.3. The maximum Gasteiger partial charge on any atom is 0.306 e. The number of esters is 1. The number of anilines is 2. The van der Waals surface area contributed by atoms with Gasteiger partial charge in [0.1, 0.15) is 5.75 Å². The molecule has 2 rings (SSSR count). The zero-order chi connectivity index (χ0) is 20.5. The first-order chi connectivity index (χ1) is 13.4. The molecule has 0 aliphatic rings. The lowest BCUT2D eigenvalue weighted by Crippen LogP contribution is -2.17. The normalized spacial score (nSPS) is 10.4. The maximum atomic E-state index is 12.2. The highest BCUT2D eigenvalue weighted by Gasteiger charge is 2.12. The number of ketones is 1. The van der Waals surface area contributed by atoms with Crippen LogP contribution in [0, 0.1) is 0 Å². The molecule has 0 aliphatic carbocycles. The van der Waals surface area contributed by atoms with E-state index in [1.54, 1.807) is 43.3 Å². The fourth-order valence-corrected chi connectivity index (χ4v) is 2.22. The minimum absolute atomic E-state index is 0.0337. The van der Waals surface area contributed by atoms with E-state index < -0.39 is 5.97 Å². The van der Waals surface area contributed by atoms with E-state index in [-0.39, 0.29) is 37.0 Å². The summed E-state index contributed by atoms with van der Waals surface area (Å²) in [7, 11) is 3.53. The number of rotatable bonds is 10. The molecule has 0 saturated heterocycles. The second-order valence-corrected chi connectivity index (χ2v) is 6.26. The van der Waals surface area contributed by atoms with E-state index in [0.29, 0.717) is 23.9 Å². The number of hydrogen-bond donors (Lipinski definition) is 1. The highest BCUT2D eigenvalue weighted by molar-refractivity contribution is 5.97. The molecule has 2 N–H and O–H groups in total. The van der Waals surface area contributed by atoms with Crippen molar-refractivity contribution in [2.24, 2.45) is 0 Å². The van der Waals surface area contributed by atoms with Gasteiger partial charge in [-0.3, -0.25) is 9.59 Å². The summed E-state index contributed by atoms with van der Waals surface area (Å²) < 4.78 is 10.6. The molecule has 28 heavy (non-hydrogen) atoms. The fourth-order valence-electron chi connectivity index (χ4n) is 2.22. The molecule has 0 bridgehead atoms. The van der Waals surface area contributed by atoms with Gasteiger partial charge >= 0.3 is 5.97 Å². The lowest BCUT2D eigenvalue weighted by Gasteiger charge is -2.11. The Labute approximate surface area is 163 Å². The largest absolute Gasteiger partial charge is 0.494 e. The van der Waals surface area contributed by atoms with Crippen molar-refractivity contribution in [1.29, 1.82) is 0 Å². The summed E-state index contributed by atoms with van der Waals surface area (Å²) in [6, 6.07) is 6.87. The van der Waals surface area contributed by atoms with E-state index in [1.807, 2.05) is 6.92 Å². The average Bonchev–Trinajstić information content (AvgIpc) is 2.68. The molecule has 150 valence electrons. The SMILES string of the molecule is CCCOc1ccc(C(=O)CCC(=O)OCc2nc(N)nc(N(C)C)n2)cc1. The van der Waals surface area contributed by atoms with Crippen LogP contribution < -0.4 is 15.4 Å². The molecule has 9 nitrogen and oxygen atoms in total. The number of hydrogen-bond acceptors (Lipinski definition) is 9. The van der Waals surface area contributed by atoms with E-state index in [2.05, 4.69) is 15.0 Å². The van der Waals surface area contributed by atoms with Crippen LogP contribution in [0.2, 0.25) is 0 Å². The predicted molar refractivity (Wildman–Crippen MR) is 104 cm³/mol. The van der Waals surface area contributed by atoms with Gasteiger partial charge in [-0.05, 0) is 30.7 Å². The molecule has 0 unspecified atom stereocenters. The highest BCUT2D eigenvalue weighted by Crippen LogP contribution is 2.15. The number of nitrogens with two attached hydrogens (primary N) is 1. The Hall–Kier alpha value is -3.23. The Morgan fingerprint density at radius 1 is 1.07 bits per heavy atom. The minimum Gasteiger partial charge on any atom is -0.494 e. The third-order valence-corrected chi connectivity index (χ3v) is 3.65. The van der Waals surface area contributed by atoms with Crippen LogP contribution in [-0.4, -0.2) is 47.4 Å². The summed E-state index contributed by atoms with van der Waals surface area (Å²) >= 11 is 0. The fraction of sp³-hybridized carbons (Fsp3) is 0.421. The lowest BCUT2D eigenvalue weighted by atomic mass is 10.1. The molecule has 2 aromatic rings. The van der Waals surface area contributed by atoms with E-state index in [9.17, 15) is 9.59 Å². The molecule has 0 amide bonds. The number of carbonyl (C=O) groups is 2. The number of nitrogen functional groups attached to an aromatic ring is 1. The van der Waals surface area contributed by atoms with Crippen molar-refractivity contribution in [2.45, 2.75) is 32.8 Å². The highest BCUT2D eigenvalue weighted by atomic mass is 16.5. The minimum atomic E-state index is -0.512. The van der Waals surface area contributed by atoms with Gasteiger partial charge < -0.3 is 20.1 Å². The Morgan fingerprint density at radius 2 is 1.79 bits per heavy atom. The summed E-state index contributed by atoms with van der Waals surface area (Å²) in [5, 5.41) is 0. The second-order valence-electron chi connectivity index (χ2n) is 6.26. The van der Waals surface area contributed by atoms with Crippen molar-refractivity contribution >= 4 is 23.6 Å². The number of aromatic nitrogens is 3. The first-order valence-electron chi connectivity index (χ1n) is 8.98. The molecule has 0 radical (unpaired) electrons. The topological polar surface area (TPSA) is 121 Å². The number of benzene rings is 1. The monoisotopic (exact) mass is 387 g/mol. The average molecular weight is 387 g/mol. The summed E-state index contributed by atoms with van der Waals surface area (Å²) in [5.74, 6) is 0.733.